The second kappa shape index (κ2) is 5.20. The maximum absolute atomic E-state index is 11.6. The fraction of sp³-hybridized carbons (Fsp3) is 0.571. The molecule has 2 N–H and O–H groups in total. The number of nitro benzene ring substituents is 1. The Hall–Kier alpha value is -1.67. The van der Waals surface area contributed by atoms with Gasteiger partial charge >= 0.3 is 0 Å². The molecule has 1 aromatic carbocycles. The van der Waals surface area contributed by atoms with Crippen LogP contribution in [-0.2, 0) is 9.84 Å². The molecule has 2 fully saturated rings. The number of hydrogen-bond acceptors (Lipinski definition) is 6. The lowest BCUT2D eigenvalue weighted by Crippen LogP contribution is -2.30. The number of anilines is 1. The summed E-state index contributed by atoms with van der Waals surface area (Å²) in [6, 6.07) is 4.29. The maximum Gasteiger partial charge on any atom is 0.293 e. The van der Waals surface area contributed by atoms with Crippen LogP contribution in [0, 0.1) is 22.0 Å². The normalized spacial score (nSPS) is 27.9. The third kappa shape index (κ3) is 2.56. The molecule has 8 heteroatoms. The van der Waals surface area contributed by atoms with E-state index >= 15 is 0 Å². The topological polar surface area (TPSA) is 107 Å². The Kier molecular flexibility index (Phi) is 3.60. The Labute approximate surface area is 129 Å². The van der Waals surface area contributed by atoms with Gasteiger partial charge in [0.15, 0.2) is 9.84 Å². The number of nitrogens with two attached hydrogens (primary N) is 1. The van der Waals surface area contributed by atoms with Gasteiger partial charge in [-0.3, -0.25) is 10.1 Å². The summed E-state index contributed by atoms with van der Waals surface area (Å²) >= 11 is 0. The minimum atomic E-state index is -3.47. The van der Waals surface area contributed by atoms with Crippen LogP contribution in [0.3, 0.4) is 0 Å². The second-order valence-corrected chi connectivity index (χ2v) is 8.27. The highest BCUT2D eigenvalue weighted by Gasteiger charge is 2.42. The average molecular weight is 325 g/mol. The van der Waals surface area contributed by atoms with Crippen molar-refractivity contribution in [3.8, 4) is 0 Å². The highest BCUT2D eigenvalue weighted by atomic mass is 32.2. The molecule has 3 unspecified atom stereocenters. The lowest BCUT2D eigenvalue weighted by molar-refractivity contribution is -0.384. The zero-order valence-corrected chi connectivity index (χ0v) is 13.1. The average Bonchev–Trinajstić information content (AvgIpc) is 2.99. The molecule has 1 heterocycles. The molecular weight excluding hydrogens is 306 g/mol. The summed E-state index contributed by atoms with van der Waals surface area (Å²) in [6.45, 7) is 1.45. The van der Waals surface area contributed by atoms with Crippen molar-refractivity contribution >= 4 is 21.2 Å². The van der Waals surface area contributed by atoms with Gasteiger partial charge in [-0.15, -0.1) is 0 Å². The molecule has 1 saturated carbocycles. The van der Waals surface area contributed by atoms with Gasteiger partial charge in [-0.05, 0) is 36.8 Å². The number of hydrogen-bond donors (Lipinski definition) is 1. The van der Waals surface area contributed by atoms with Gasteiger partial charge in [0.25, 0.3) is 5.69 Å². The molecule has 0 aromatic heterocycles. The van der Waals surface area contributed by atoms with E-state index in [0.717, 1.165) is 31.7 Å². The zero-order chi connectivity index (χ0) is 16.1. The van der Waals surface area contributed by atoms with E-state index in [-0.39, 0.29) is 16.6 Å². The van der Waals surface area contributed by atoms with E-state index in [1.807, 2.05) is 4.90 Å². The summed E-state index contributed by atoms with van der Waals surface area (Å²) < 4.78 is 23.2. The van der Waals surface area contributed by atoms with Gasteiger partial charge in [0.1, 0.15) is 5.69 Å². The molecule has 2 aliphatic rings. The van der Waals surface area contributed by atoms with E-state index in [0.29, 0.717) is 24.1 Å². The van der Waals surface area contributed by atoms with E-state index in [2.05, 4.69) is 0 Å². The fourth-order valence-electron chi connectivity index (χ4n) is 3.65. The summed E-state index contributed by atoms with van der Waals surface area (Å²) in [7, 11) is -3.47. The third-order valence-electron chi connectivity index (χ3n) is 4.82. The Morgan fingerprint density at radius 3 is 2.64 bits per heavy atom. The van der Waals surface area contributed by atoms with Gasteiger partial charge in [-0.1, -0.05) is 0 Å². The van der Waals surface area contributed by atoms with Crippen LogP contribution in [0.1, 0.15) is 12.8 Å². The predicted molar refractivity (Wildman–Crippen MR) is 82.6 cm³/mol. The number of benzene rings is 1. The van der Waals surface area contributed by atoms with E-state index in [9.17, 15) is 18.5 Å². The standard InChI is InChI=1S/C14H19N3O4S/c1-22(20,21)10-3-5-13(14(6-10)17(18)19)16-7-9-2-4-12(15)11(9)8-16/h3,5-6,9,11-12H,2,4,7-8,15H2,1H3. The van der Waals surface area contributed by atoms with Gasteiger partial charge in [0.05, 0.1) is 9.82 Å². The van der Waals surface area contributed by atoms with Crippen LogP contribution in [0.15, 0.2) is 23.1 Å². The van der Waals surface area contributed by atoms with Crippen LogP contribution in [0.25, 0.3) is 0 Å². The van der Waals surface area contributed by atoms with Crippen molar-refractivity contribution in [1.82, 2.24) is 0 Å². The number of nitro groups is 1. The van der Waals surface area contributed by atoms with E-state index in [4.69, 9.17) is 5.73 Å². The lowest BCUT2D eigenvalue weighted by Gasteiger charge is -2.20. The van der Waals surface area contributed by atoms with Gasteiger partial charge < -0.3 is 10.6 Å². The highest BCUT2D eigenvalue weighted by Crippen LogP contribution is 2.41. The quantitative estimate of drug-likeness (QED) is 0.660. The largest absolute Gasteiger partial charge is 0.365 e. The maximum atomic E-state index is 11.6. The van der Waals surface area contributed by atoms with Crippen molar-refractivity contribution in [2.45, 2.75) is 23.8 Å². The van der Waals surface area contributed by atoms with Crippen molar-refractivity contribution in [3.05, 3.63) is 28.3 Å². The van der Waals surface area contributed by atoms with E-state index < -0.39 is 14.8 Å². The van der Waals surface area contributed by atoms with Crippen molar-refractivity contribution < 1.29 is 13.3 Å². The molecule has 3 rings (SSSR count). The Bertz CT molecular complexity index is 719. The summed E-state index contributed by atoms with van der Waals surface area (Å²) in [5, 5.41) is 11.3. The molecule has 7 nitrogen and oxygen atoms in total. The van der Waals surface area contributed by atoms with Crippen LogP contribution in [-0.4, -0.2) is 38.7 Å². The van der Waals surface area contributed by atoms with Crippen LogP contribution in [0.4, 0.5) is 11.4 Å². The van der Waals surface area contributed by atoms with E-state index in [1.165, 1.54) is 6.07 Å². The molecule has 0 amide bonds. The minimum absolute atomic E-state index is 0.0287. The second-order valence-electron chi connectivity index (χ2n) is 6.25. The smallest absolute Gasteiger partial charge is 0.293 e. The summed E-state index contributed by atoms with van der Waals surface area (Å²) in [5.41, 5.74) is 6.43. The van der Waals surface area contributed by atoms with E-state index in [1.54, 1.807) is 6.07 Å². The molecule has 1 aromatic rings. The van der Waals surface area contributed by atoms with Gasteiger partial charge in [-0.2, -0.15) is 0 Å². The first-order chi connectivity index (χ1) is 10.3. The summed E-state index contributed by atoms with van der Waals surface area (Å²) in [4.78, 5) is 12.8. The van der Waals surface area contributed by atoms with Crippen LogP contribution < -0.4 is 10.6 Å². The van der Waals surface area contributed by atoms with Gasteiger partial charge in [0, 0.05) is 31.5 Å². The van der Waals surface area contributed by atoms with Crippen molar-refractivity contribution in [1.29, 1.82) is 0 Å². The summed E-state index contributed by atoms with van der Waals surface area (Å²) in [5.74, 6) is 0.846. The number of fused-ring (bicyclic) bond motifs is 1. The highest BCUT2D eigenvalue weighted by molar-refractivity contribution is 7.90. The molecule has 120 valence electrons. The van der Waals surface area contributed by atoms with Crippen LogP contribution >= 0.6 is 0 Å². The molecule has 0 bridgehead atoms. The molecule has 0 radical (unpaired) electrons. The fourth-order valence-corrected chi connectivity index (χ4v) is 4.29. The molecule has 0 spiro atoms. The Morgan fingerprint density at radius 2 is 2.05 bits per heavy atom. The SMILES string of the molecule is CS(=O)(=O)c1ccc(N2CC3CCC(N)C3C2)c([N+](=O)[O-])c1. The van der Waals surface area contributed by atoms with Crippen LogP contribution in [0.5, 0.6) is 0 Å². The molecule has 22 heavy (non-hydrogen) atoms. The first kappa shape index (κ1) is 15.2. The first-order valence-electron chi connectivity index (χ1n) is 7.26. The van der Waals surface area contributed by atoms with Crippen molar-refractivity contribution in [3.63, 3.8) is 0 Å². The molecule has 3 atom stereocenters. The number of sulfone groups is 1. The first-order valence-corrected chi connectivity index (χ1v) is 9.15. The number of rotatable bonds is 3. The molecule has 1 aliphatic heterocycles. The Balaban J connectivity index is 1.96. The van der Waals surface area contributed by atoms with Crippen molar-refractivity contribution in [2.75, 3.05) is 24.2 Å². The monoisotopic (exact) mass is 325 g/mol. The van der Waals surface area contributed by atoms with Crippen LogP contribution in [0.2, 0.25) is 0 Å². The Morgan fingerprint density at radius 1 is 1.32 bits per heavy atom. The molecular formula is C14H19N3O4S. The van der Waals surface area contributed by atoms with Gasteiger partial charge in [-0.25, -0.2) is 8.42 Å². The van der Waals surface area contributed by atoms with Crippen molar-refractivity contribution in [2.24, 2.45) is 17.6 Å². The molecule has 1 aliphatic carbocycles. The predicted octanol–water partition coefficient (Wildman–Crippen LogP) is 1.17. The minimum Gasteiger partial charge on any atom is -0.365 e. The lowest BCUT2D eigenvalue weighted by atomic mass is 9.98. The zero-order valence-electron chi connectivity index (χ0n) is 12.3. The third-order valence-corrected chi connectivity index (χ3v) is 5.93. The summed E-state index contributed by atoms with van der Waals surface area (Å²) in [6.07, 6.45) is 3.11. The molecule has 1 saturated heterocycles. The van der Waals surface area contributed by atoms with Gasteiger partial charge in [0.2, 0.25) is 0 Å². The number of nitrogens with zero attached hydrogens (tertiary/aromatic N) is 2.